The fourth-order valence-corrected chi connectivity index (χ4v) is 5.05. The van der Waals surface area contributed by atoms with Gasteiger partial charge >= 0.3 is 0 Å². The molecule has 0 atom stereocenters. The molecule has 5 heteroatoms. The van der Waals surface area contributed by atoms with Gasteiger partial charge in [-0.15, -0.1) is 0 Å². The molecule has 1 amide bonds. The average molecular weight is 419 g/mol. The molecule has 0 aliphatic carbocycles. The number of amides is 1. The molecule has 0 unspecified atom stereocenters. The van der Waals surface area contributed by atoms with E-state index in [2.05, 4.69) is 52.7 Å². The summed E-state index contributed by atoms with van der Waals surface area (Å²) in [5.74, 6) is 1.08. The summed E-state index contributed by atoms with van der Waals surface area (Å²) < 4.78 is 5.95. The van der Waals surface area contributed by atoms with Crippen LogP contribution in [0.3, 0.4) is 0 Å². The first-order valence-corrected chi connectivity index (χ1v) is 11.5. The fourth-order valence-electron chi connectivity index (χ4n) is 4.39. The molecule has 5 rings (SSSR count). The monoisotopic (exact) mass is 418 g/mol. The number of benzene rings is 2. The third kappa shape index (κ3) is 4.27. The molecule has 0 radical (unpaired) electrons. The van der Waals surface area contributed by atoms with E-state index >= 15 is 0 Å². The van der Waals surface area contributed by atoms with Crippen LogP contribution in [0.2, 0.25) is 0 Å². The fraction of sp³-hybridized carbons (Fsp3) is 0.320. The average Bonchev–Trinajstić information content (AvgIpc) is 3.18. The van der Waals surface area contributed by atoms with Crippen LogP contribution in [0.15, 0.2) is 59.3 Å². The second kappa shape index (κ2) is 8.62. The molecule has 0 fully saturated rings. The van der Waals surface area contributed by atoms with Gasteiger partial charge in [-0.1, -0.05) is 30.3 Å². The smallest absolute Gasteiger partial charge is 0.227 e. The Hall–Kier alpha value is -2.63. The van der Waals surface area contributed by atoms with Crippen molar-refractivity contribution in [1.82, 2.24) is 9.80 Å². The zero-order chi connectivity index (χ0) is 20.3. The van der Waals surface area contributed by atoms with E-state index in [0.717, 1.165) is 42.9 Å². The predicted molar refractivity (Wildman–Crippen MR) is 120 cm³/mol. The van der Waals surface area contributed by atoms with Gasteiger partial charge in [-0.25, -0.2) is 0 Å². The standard InChI is InChI=1S/C25H26N2O2S/c28-25(14-20-8-12-30-18-20)27-10-11-29-24-6-5-19(13-23(24)17-27)15-26-9-7-21-3-1-2-4-22(21)16-26/h1-6,8,12-13,18H,7,9-11,14-17H2. The van der Waals surface area contributed by atoms with Crippen molar-refractivity contribution < 1.29 is 9.53 Å². The van der Waals surface area contributed by atoms with Crippen LogP contribution in [0.4, 0.5) is 0 Å². The predicted octanol–water partition coefficient (Wildman–Crippen LogP) is 4.27. The van der Waals surface area contributed by atoms with Crippen LogP contribution >= 0.6 is 11.3 Å². The number of rotatable bonds is 4. The molecule has 0 saturated heterocycles. The molecule has 154 valence electrons. The minimum absolute atomic E-state index is 0.169. The summed E-state index contributed by atoms with van der Waals surface area (Å²) >= 11 is 1.64. The SMILES string of the molecule is O=C(Cc1ccsc1)N1CCOc2ccc(CN3CCc4ccccc4C3)cc2C1. The molecular formula is C25H26N2O2S. The van der Waals surface area contributed by atoms with Crippen LogP contribution < -0.4 is 4.74 Å². The highest BCUT2D eigenvalue weighted by atomic mass is 32.1. The molecule has 0 bridgehead atoms. The van der Waals surface area contributed by atoms with E-state index in [1.54, 1.807) is 11.3 Å². The summed E-state index contributed by atoms with van der Waals surface area (Å²) in [5.41, 5.74) is 6.40. The maximum Gasteiger partial charge on any atom is 0.227 e. The van der Waals surface area contributed by atoms with Gasteiger partial charge in [0.25, 0.3) is 0 Å². The molecule has 0 spiro atoms. The van der Waals surface area contributed by atoms with E-state index < -0.39 is 0 Å². The Morgan fingerprint density at radius 2 is 1.87 bits per heavy atom. The van der Waals surface area contributed by atoms with Gasteiger partial charge in [0, 0.05) is 31.7 Å². The Kier molecular flexibility index (Phi) is 5.56. The van der Waals surface area contributed by atoms with E-state index in [1.165, 1.54) is 16.7 Å². The molecular weight excluding hydrogens is 392 g/mol. The summed E-state index contributed by atoms with van der Waals surface area (Å²) in [7, 11) is 0. The van der Waals surface area contributed by atoms with Crippen molar-refractivity contribution in [1.29, 1.82) is 0 Å². The second-order valence-electron chi connectivity index (χ2n) is 8.14. The summed E-state index contributed by atoms with van der Waals surface area (Å²) in [6.45, 7) is 4.80. The summed E-state index contributed by atoms with van der Waals surface area (Å²) in [6, 6.07) is 17.2. The maximum atomic E-state index is 12.8. The van der Waals surface area contributed by atoms with Crippen LogP contribution in [-0.4, -0.2) is 35.4 Å². The van der Waals surface area contributed by atoms with E-state index in [0.29, 0.717) is 26.1 Å². The largest absolute Gasteiger partial charge is 0.491 e. The Balaban J connectivity index is 1.28. The van der Waals surface area contributed by atoms with Gasteiger partial charge in [0.05, 0.1) is 13.0 Å². The number of nitrogens with zero attached hydrogens (tertiary/aromatic N) is 2. The van der Waals surface area contributed by atoms with Crippen molar-refractivity contribution in [2.24, 2.45) is 0 Å². The first-order chi connectivity index (χ1) is 14.7. The van der Waals surface area contributed by atoms with Crippen molar-refractivity contribution in [2.75, 3.05) is 19.7 Å². The lowest BCUT2D eigenvalue weighted by Crippen LogP contribution is -2.33. The number of ether oxygens (including phenoxy) is 1. The number of fused-ring (bicyclic) bond motifs is 2. The molecule has 2 aliphatic rings. The third-order valence-corrected chi connectivity index (χ3v) is 6.74. The summed E-state index contributed by atoms with van der Waals surface area (Å²) in [5, 5.41) is 4.07. The molecule has 4 nitrogen and oxygen atoms in total. The van der Waals surface area contributed by atoms with Gasteiger partial charge in [0.1, 0.15) is 12.4 Å². The van der Waals surface area contributed by atoms with E-state index in [1.807, 2.05) is 16.3 Å². The van der Waals surface area contributed by atoms with E-state index in [9.17, 15) is 4.79 Å². The first-order valence-electron chi connectivity index (χ1n) is 10.6. The molecule has 30 heavy (non-hydrogen) atoms. The highest BCUT2D eigenvalue weighted by molar-refractivity contribution is 7.08. The first kappa shape index (κ1) is 19.3. The highest BCUT2D eigenvalue weighted by Crippen LogP contribution is 2.27. The lowest BCUT2D eigenvalue weighted by molar-refractivity contribution is -0.131. The van der Waals surface area contributed by atoms with Gasteiger partial charge in [-0.3, -0.25) is 9.69 Å². The summed E-state index contributed by atoms with van der Waals surface area (Å²) in [6.07, 6.45) is 1.57. The van der Waals surface area contributed by atoms with E-state index in [4.69, 9.17) is 4.74 Å². The van der Waals surface area contributed by atoms with Gasteiger partial charge in [-0.05, 0) is 57.6 Å². The van der Waals surface area contributed by atoms with Crippen molar-refractivity contribution in [3.8, 4) is 5.75 Å². The Labute approximate surface area is 181 Å². The second-order valence-corrected chi connectivity index (χ2v) is 8.92. The Morgan fingerprint density at radius 1 is 0.967 bits per heavy atom. The number of hydrogen-bond donors (Lipinski definition) is 0. The van der Waals surface area contributed by atoms with Crippen molar-refractivity contribution in [3.05, 3.63) is 87.1 Å². The van der Waals surface area contributed by atoms with Crippen LogP contribution in [-0.2, 0) is 37.3 Å². The summed E-state index contributed by atoms with van der Waals surface area (Å²) in [4.78, 5) is 17.2. The lowest BCUT2D eigenvalue weighted by atomic mass is 9.99. The van der Waals surface area contributed by atoms with Crippen LogP contribution in [0, 0.1) is 0 Å². The minimum atomic E-state index is 0.169. The Morgan fingerprint density at radius 3 is 2.73 bits per heavy atom. The number of thiophene rings is 1. The van der Waals surface area contributed by atoms with Crippen LogP contribution in [0.1, 0.15) is 27.8 Å². The molecule has 0 saturated carbocycles. The molecule has 3 aromatic rings. The number of hydrogen-bond acceptors (Lipinski definition) is 4. The third-order valence-electron chi connectivity index (χ3n) is 6.01. The lowest BCUT2D eigenvalue weighted by Gasteiger charge is -2.29. The van der Waals surface area contributed by atoms with Gasteiger partial charge in [0.15, 0.2) is 0 Å². The number of carbonyl (C=O) groups is 1. The quantitative estimate of drug-likeness (QED) is 0.634. The van der Waals surface area contributed by atoms with Crippen molar-refractivity contribution >= 4 is 17.2 Å². The maximum absolute atomic E-state index is 12.8. The number of carbonyl (C=O) groups excluding carboxylic acids is 1. The van der Waals surface area contributed by atoms with Gasteiger partial charge < -0.3 is 9.64 Å². The van der Waals surface area contributed by atoms with Crippen LogP contribution in [0.25, 0.3) is 0 Å². The molecule has 2 aromatic carbocycles. The Bertz CT molecular complexity index is 1030. The molecule has 0 N–H and O–H groups in total. The van der Waals surface area contributed by atoms with Crippen LogP contribution in [0.5, 0.6) is 5.75 Å². The minimum Gasteiger partial charge on any atom is -0.491 e. The topological polar surface area (TPSA) is 32.8 Å². The highest BCUT2D eigenvalue weighted by Gasteiger charge is 2.21. The van der Waals surface area contributed by atoms with Gasteiger partial charge in [-0.2, -0.15) is 11.3 Å². The van der Waals surface area contributed by atoms with Crippen molar-refractivity contribution in [2.45, 2.75) is 32.5 Å². The normalized spacial score (nSPS) is 16.3. The van der Waals surface area contributed by atoms with Crippen molar-refractivity contribution in [3.63, 3.8) is 0 Å². The molecule has 3 heterocycles. The zero-order valence-electron chi connectivity index (χ0n) is 17.0. The molecule has 1 aromatic heterocycles. The molecule has 2 aliphatic heterocycles. The van der Waals surface area contributed by atoms with E-state index in [-0.39, 0.29) is 5.91 Å². The zero-order valence-corrected chi connectivity index (χ0v) is 17.9. The van der Waals surface area contributed by atoms with Gasteiger partial charge in [0.2, 0.25) is 5.91 Å².